The number of hydrogen-bond acceptors (Lipinski definition) is 6. The summed E-state index contributed by atoms with van der Waals surface area (Å²) in [6.07, 6.45) is 5.18. The van der Waals surface area contributed by atoms with Crippen LogP contribution in [0.3, 0.4) is 0 Å². The van der Waals surface area contributed by atoms with Crippen molar-refractivity contribution in [3.05, 3.63) is 46.9 Å². The second kappa shape index (κ2) is 7.31. The van der Waals surface area contributed by atoms with Crippen LogP contribution in [-0.4, -0.2) is 30.3 Å². The normalized spacial score (nSPS) is 10.8. The van der Waals surface area contributed by atoms with Gasteiger partial charge in [-0.15, -0.1) is 5.10 Å². The van der Waals surface area contributed by atoms with E-state index in [4.69, 9.17) is 0 Å². The number of amides is 1. The Morgan fingerprint density at radius 1 is 1.33 bits per heavy atom. The largest absolute Gasteiger partial charge is 0.346 e. The van der Waals surface area contributed by atoms with E-state index in [9.17, 15) is 4.79 Å². The lowest BCUT2D eigenvalue weighted by molar-refractivity contribution is 0.0953. The fourth-order valence-corrected chi connectivity index (χ4v) is 3.06. The quantitative estimate of drug-likeness (QED) is 0.742. The highest BCUT2D eigenvalue weighted by molar-refractivity contribution is 7.08. The van der Waals surface area contributed by atoms with Gasteiger partial charge in [-0.05, 0) is 36.2 Å². The molecule has 3 rings (SSSR count). The SMILES string of the molecule is CCCc1nnsc1C(=O)NCc1cc(-c2ccncc2)n(C)n1. The van der Waals surface area contributed by atoms with Gasteiger partial charge in [0.25, 0.3) is 5.91 Å². The van der Waals surface area contributed by atoms with Crippen LogP contribution in [-0.2, 0) is 20.0 Å². The number of carbonyl (C=O) groups is 1. The maximum Gasteiger partial charge on any atom is 0.265 e. The zero-order chi connectivity index (χ0) is 16.9. The van der Waals surface area contributed by atoms with E-state index in [2.05, 4.69) is 31.9 Å². The minimum atomic E-state index is -0.149. The molecule has 124 valence electrons. The Balaban J connectivity index is 1.69. The van der Waals surface area contributed by atoms with Crippen LogP contribution in [0.1, 0.15) is 34.4 Å². The molecule has 0 aliphatic carbocycles. The topological polar surface area (TPSA) is 85.6 Å². The van der Waals surface area contributed by atoms with Crippen molar-refractivity contribution in [3.8, 4) is 11.3 Å². The second-order valence-electron chi connectivity index (χ2n) is 5.36. The number of nitrogens with zero attached hydrogens (tertiary/aromatic N) is 5. The molecule has 0 saturated carbocycles. The lowest BCUT2D eigenvalue weighted by Gasteiger charge is -2.01. The fourth-order valence-electron chi connectivity index (χ4n) is 2.44. The number of aromatic nitrogens is 5. The number of carbonyl (C=O) groups excluding carboxylic acids is 1. The minimum absolute atomic E-state index is 0.149. The molecule has 0 unspecified atom stereocenters. The van der Waals surface area contributed by atoms with Gasteiger partial charge < -0.3 is 5.32 Å². The molecule has 3 heterocycles. The fraction of sp³-hybridized carbons (Fsp3) is 0.312. The van der Waals surface area contributed by atoms with E-state index in [0.29, 0.717) is 11.4 Å². The van der Waals surface area contributed by atoms with Gasteiger partial charge >= 0.3 is 0 Å². The monoisotopic (exact) mass is 342 g/mol. The molecule has 1 N–H and O–H groups in total. The first-order valence-electron chi connectivity index (χ1n) is 7.71. The van der Waals surface area contributed by atoms with E-state index in [1.165, 1.54) is 0 Å². The van der Waals surface area contributed by atoms with Gasteiger partial charge in [-0.3, -0.25) is 14.5 Å². The third kappa shape index (κ3) is 3.48. The molecular weight excluding hydrogens is 324 g/mol. The Morgan fingerprint density at radius 2 is 2.12 bits per heavy atom. The number of nitrogens with one attached hydrogen (secondary N) is 1. The molecule has 0 atom stereocenters. The van der Waals surface area contributed by atoms with Crippen molar-refractivity contribution >= 4 is 17.4 Å². The van der Waals surface area contributed by atoms with E-state index in [0.717, 1.165) is 47.0 Å². The highest BCUT2D eigenvalue weighted by Crippen LogP contribution is 2.19. The van der Waals surface area contributed by atoms with Crippen LogP contribution in [0.4, 0.5) is 0 Å². The maximum atomic E-state index is 12.3. The van der Waals surface area contributed by atoms with Crippen molar-refractivity contribution in [2.75, 3.05) is 0 Å². The zero-order valence-electron chi connectivity index (χ0n) is 13.6. The van der Waals surface area contributed by atoms with Crippen LogP contribution < -0.4 is 5.32 Å². The van der Waals surface area contributed by atoms with Crippen LogP contribution in [0.2, 0.25) is 0 Å². The molecule has 1 amide bonds. The van der Waals surface area contributed by atoms with E-state index in [1.807, 2.05) is 25.2 Å². The molecular formula is C16H18N6OS. The Hall–Kier alpha value is -2.61. The highest BCUT2D eigenvalue weighted by atomic mass is 32.1. The number of hydrogen-bond donors (Lipinski definition) is 1. The van der Waals surface area contributed by atoms with Gasteiger partial charge in [-0.25, -0.2) is 0 Å². The second-order valence-corrected chi connectivity index (χ2v) is 6.12. The highest BCUT2D eigenvalue weighted by Gasteiger charge is 2.16. The predicted molar refractivity (Wildman–Crippen MR) is 91.5 cm³/mol. The Morgan fingerprint density at radius 3 is 2.88 bits per heavy atom. The number of aryl methyl sites for hydroxylation is 2. The van der Waals surface area contributed by atoms with Gasteiger partial charge in [-0.1, -0.05) is 17.8 Å². The third-order valence-corrected chi connectivity index (χ3v) is 4.35. The predicted octanol–water partition coefficient (Wildman–Crippen LogP) is 2.22. The molecule has 7 nitrogen and oxygen atoms in total. The zero-order valence-corrected chi connectivity index (χ0v) is 14.4. The molecule has 24 heavy (non-hydrogen) atoms. The van der Waals surface area contributed by atoms with Gasteiger partial charge in [0.2, 0.25) is 0 Å². The molecule has 0 fully saturated rings. The molecule has 3 aromatic rings. The number of pyridine rings is 1. The van der Waals surface area contributed by atoms with Crippen molar-refractivity contribution < 1.29 is 4.79 Å². The lowest BCUT2D eigenvalue weighted by atomic mass is 10.2. The molecule has 8 heteroatoms. The van der Waals surface area contributed by atoms with Crippen molar-refractivity contribution in [1.29, 1.82) is 0 Å². The molecule has 0 bridgehead atoms. The maximum absolute atomic E-state index is 12.3. The Kier molecular flexibility index (Phi) is 4.95. The van der Waals surface area contributed by atoms with Crippen molar-refractivity contribution in [2.45, 2.75) is 26.3 Å². The summed E-state index contributed by atoms with van der Waals surface area (Å²) in [5.41, 5.74) is 3.58. The summed E-state index contributed by atoms with van der Waals surface area (Å²) in [5, 5.41) is 11.4. The van der Waals surface area contributed by atoms with E-state index in [-0.39, 0.29) is 5.91 Å². The molecule has 0 radical (unpaired) electrons. The molecule has 3 aromatic heterocycles. The Bertz CT molecular complexity index is 826. The molecule has 0 aromatic carbocycles. The summed E-state index contributed by atoms with van der Waals surface area (Å²) in [5.74, 6) is -0.149. The van der Waals surface area contributed by atoms with E-state index < -0.39 is 0 Å². The van der Waals surface area contributed by atoms with Crippen LogP contribution >= 0.6 is 11.5 Å². The van der Waals surface area contributed by atoms with Gasteiger partial charge in [0.15, 0.2) is 0 Å². The van der Waals surface area contributed by atoms with Crippen molar-refractivity contribution in [2.24, 2.45) is 7.05 Å². The average Bonchev–Trinajstić information content (AvgIpc) is 3.20. The third-order valence-electron chi connectivity index (χ3n) is 3.59. The van der Waals surface area contributed by atoms with Crippen molar-refractivity contribution in [3.63, 3.8) is 0 Å². The van der Waals surface area contributed by atoms with Crippen LogP contribution in [0, 0.1) is 0 Å². The summed E-state index contributed by atoms with van der Waals surface area (Å²) in [6.45, 7) is 2.41. The first kappa shape index (κ1) is 16.3. The van der Waals surface area contributed by atoms with Crippen molar-refractivity contribution in [1.82, 2.24) is 29.7 Å². The first-order chi connectivity index (χ1) is 11.7. The minimum Gasteiger partial charge on any atom is -0.346 e. The summed E-state index contributed by atoms with van der Waals surface area (Å²) in [7, 11) is 1.88. The van der Waals surface area contributed by atoms with Gasteiger partial charge in [-0.2, -0.15) is 5.10 Å². The number of rotatable bonds is 6. The smallest absolute Gasteiger partial charge is 0.265 e. The summed E-state index contributed by atoms with van der Waals surface area (Å²) in [6, 6.07) is 5.83. The van der Waals surface area contributed by atoms with Crippen LogP contribution in [0.5, 0.6) is 0 Å². The van der Waals surface area contributed by atoms with Crippen LogP contribution in [0.25, 0.3) is 11.3 Å². The van der Waals surface area contributed by atoms with Gasteiger partial charge in [0, 0.05) is 25.0 Å². The van der Waals surface area contributed by atoms with Gasteiger partial charge in [0.05, 0.1) is 23.6 Å². The average molecular weight is 342 g/mol. The van der Waals surface area contributed by atoms with E-state index in [1.54, 1.807) is 17.1 Å². The first-order valence-corrected chi connectivity index (χ1v) is 8.49. The Labute approximate surface area is 143 Å². The molecule has 0 spiro atoms. The lowest BCUT2D eigenvalue weighted by Crippen LogP contribution is -2.23. The summed E-state index contributed by atoms with van der Waals surface area (Å²) < 4.78 is 5.68. The summed E-state index contributed by atoms with van der Waals surface area (Å²) >= 11 is 1.13. The van der Waals surface area contributed by atoms with E-state index >= 15 is 0 Å². The molecule has 0 aliphatic heterocycles. The van der Waals surface area contributed by atoms with Crippen LogP contribution in [0.15, 0.2) is 30.6 Å². The standard InChI is InChI=1S/C16H18N6OS/c1-3-4-13-15(24-21-19-13)16(23)18-10-12-9-14(22(2)20-12)11-5-7-17-8-6-11/h5-9H,3-4,10H2,1-2H3,(H,18,23). The summed E-state index contributed by atoms with van der Waals surface area (Å²) in [4.78, 5) is 16.9. The molecule has 0 aliphatic rings. The molecule has 0 saturated heterocycles. The van der Waals surface area contributed by atoms with Gasteiger partial charge in [0.1, 0.15) is 4.88 Å².